The lowest BCUT2D eigenvalue weighted by Gasteiger charge is -2.14. The highest BCUT2D eigenvalue weighted by Crippen LogP contribution is 2.34. The number of furan rings is 1. The van der Waals surface area contributed by atoms with Gasteiger partial charge in [-0.25, -0.2) is 4.79 Å². The Labute approximate surface area is 146 Å². The normalized spacial score (nSPS) is 11.2. The number of nitrogens with zero attached hydrogens (tertiary/aromatic N) is 1. The Kier molecular flexibility index (Phi) is 4.92. The van der Waals surface area contributed by atoms with E-state index in [1.54, 1.807) is 24.7 Å². The van der Waals surface area contributed by atoms with Gasteiger partial charge in [0.25, 0.3) is 0 Å². The van der Waals surface area contributed by atoms with E-state index >= 15 is 0 Å². The van der Waals surface area contributed by atoms with Crippen molar-refractivity contribution in [3.63, 3.8) is 0 Å². The van der Waals surface area contributed by atoms with E-state index in [1.807, 2.05) is 6.07 Å². The maximum atomic E-state index is 12.9. The molecule has 3 rings (SSSR count). The lowest BCUT2D eigenvalue weighted by Crippen LogP contribution is -2.29. The van der Waals surface area contributed by atoms with E-state index in [-0.39, 0.29) is 12.2 Å². The Bertz CT molecular complexity index is 893. The van der Waals surface area contributed by atoms with E-state index in [2.05, 4.69) is 15.6 Å². The third kappa shape index (κ3) is 4.21. The van der Waals surface area contributed by atoms with Gasteiger partial charge in [-0.2, -0.15) is 13.2 Å². The summed E-state index contributed by atoms with van der Waals surface area (Å²) in [6.45, 7) is 0.110. The van der Waals surface area contributed by atoms with E-state index in [9.17, 15) is 18.0 Å². The molecular weight excluding hydrogens is 347 g/mol. The highest BCUT2D eigenvalue weighted by Gasteiger charge is 2.33. The van der Waals surface area contributed by atoms with Gasteiger partial charge in [0.2, 0.25) is 0 Å². The standard InChI is InChI=1S/C18H14F3N3O2/c19-18(20,21)15-3-1-2-4-16(15)24-17(25)23-9-12-7-14(10-22-8-12)13-5-6-26-11-13/h1-8,10-11H,9H2,(H2,23,24,25). The number of anilines is 1. The highest BCUT2D eigenvalue weighted by atomic mass is 19.4. The fourth-order valence-electron chi connectivity index (χ4n) is 2.36. The Morgan fingerprint density at radius 2 is 1.92 bits per heavy atom. The summed E-state index contributed by atoms with van der Waals surface area (Å²) in [5.74, 6) is 0. The fraction of sp³-hybridized carbons (Fsp3) is 0.111. The van der Waals surface area contributed by atoms with Crippen LogP contribution in [0.3, 0.4) is 0 Å². The quantitative estimate of drug-likeness (QED) is 0.709. The van der Waals surface area contributed by atoms with Crippen LogP contribution in [-0.4, -0.2) is 11.0 Å². The first-order valence-corrected chi connectivity index (χ1v) is 7.61. The first kappa shape index (κ1) is 17.5. The number of halogens is 3. The van der Waals surface area contributed by atoms with Crippen molar-refractivity contribution in [2.45, 2.75) is 12.7 Å². The van der Waals surface area contributed by atoms with Crippen molar-refractivity contribution in [2.24, 2.45) is 0 Å². The summed E-state index contributed by atoms with van der Waals surface area (Å²) < 4.78 is 43.8. The van der Waals surface area contributed by atoms with E-state index in [1.165, 1.54) is 24.5 Å². The zero-order chi connectivity index (χ0) is 18.6. The van der Waals surface area contributed by atoms with Crippen LogP contribution in [0.25, 0.3) is 11.1 Å². The number of rotatable bonds is 4. The number of alkyl halides is 3. The summed E-state index contributed by atoms with van der Waals surface area (Å²) in [5, 5.41) is 4.74. The number of aromatic nitrogens is 1. The maximum Gasteiger partial charge on any atom is 0.418 e. The van der Waals surface area contributed by atoms with Crippen molar-refractivity contribution in [3.05, 3.63) is 72.4 Å². The van der Waals surface area contributed by atoms with Crippen LogP contribution in [0, 0.1) is 0 Å². The molecule has 3 aromatic rings. The molecule has 2 heterocycles. The minimum absolute atomic E-state index is 0.110. The molecule has 2 amide bonds. The molecule has 0 unspecified atom stereocenters. The molecule has 1 aromatic carbocycles. The first-order valence-electron chi connectivity index (χ1n) is 7.61. The number of nitrogens with one attached hydrogen (secondary N) is 2. The van der Waals surface area contributed by atoms with Crippen molar-refractivity contribution in [2.75, 3.05) is 5.32 Å². The fourth-order valence-corrected chi connectivity index (χ4v) is 2.36. The van der Waals surface area contributed by atoms with Crippen LogP contribution in [-0.2, 0) is 12.7 Å². The molecule has 0 aliphatic carbocycles. The Hall–Kier alpha value is -3.29. The van der Waals surface area contributed by atoms with Gasteiger partial charge >= 0.3 is 12.2 Å². The minimum atomic E-state index is -4.55. The summed E-state index contributed by atoms with van der Waals surface area (Å²) in [7, 11) is 0. The molecule has 0 radical (unpaired) electrons. The molecule has 26 heavy (non-hydrogen) atoms. The molecule has 0 bridgehead atoms. The van der Waals surface area contributed by atoms with Gasteiger partial charge in [0, 0.05) is 30.1 Å². The number of para-hydroxylation sites is 1. The predicted molar refractivity (Wildman–Crippen MR) is 89.2 cm³/mol. The van der Waals surface area contributed by atoms with Crippen LogP contribution in [0.15, 0.2) is 65.7 Å². The van der Waals surface area contributed by atoms with Gasteiger partial charge < -0.3 is 15.1 Å². The van der Waals surface area contributed by atoms with Crippen molar-refractivity contribution in [3.8, 4) is 11.1 Å². The highest BCUT2D eigenvalue weighted by molar-refractivity contribution is 5.90. The average Bonchev–Trinajstić information content (AvgIpc) is 3.14. The van der Waals surface area contributed by atoms with Crippen LogP contribution in [0.5, 0.6) is 0 Å². The van der Waals surface area contributed by atoms with Gasteiger partial charge in [-0.15, -0.1) is 0 Å². The van der Waals surface area contributed by atoms with Gasteiger partial charge in [-0.3, -0.25) is 4.98 Å². The summed E-state index contributed by atoms with van der Waals surface area (Å²) in [5.41, 5.74) is 1.13. The van der Waals surface area contributed by atoms with Gasteiger partial charge in [-0.1, -0.05) is 12.1 Å². The summed E-state index contributed by atoms with van der Waals surface area (Å²) >= 11 is 0. The molecule has 0 saturated heterocycles. The van der Waals surface area contributed by atoms with Crippen LogP contribution < -0.4 is 10.6 Å². The number of urea groups is 1. The van der Waals surface area contributed by atoms with Crippen LogP contribution in [0.2, 0.25) is 0 Å². The molecule has 5 nitrogen and oxygen atoms in total. The summed E-state index contributed by atoms with van der Waals surface area (Å²) in [4.78, 5) is 16.0. The van der Waals surface area contributed by atoms with Gasteiger partial charge in [0.1, 0.15) is 0 Å². The molecule has 2 aromatic heterocycles. The largest absolute Gasteiger partial charge is 0.472 e. The molecule has 2 N–H and O–H groups in total. The van der Waals surface area contributed by atoms with Gasteiger partial charge in [-0.05, 0) is 29.8 Å². The predicted octanol–water partition coefficient (Wildman–Crippen LogP) is 4.68. The number of pyridine rings is 1. The lowest BCUT2D eigenvalue weighted by atomic mass is 10.1. The maximum absolute atomic E-state index is 12.9. The SMILES string of the molecule is O=C(NCc1cncc(-c2ccoc2)c1)Nc1ccccc1C(F)(F)F. The number of amides is 2. The molecule has 8 heteroatoms. The smallest absolute Gasteiger partial charge is 0.418 e. The van der Waals surface area contributed by atoms with Crippen LogP contribution in [0.4, 0.5) is 23.7 Å². The molecule has 0 fully saturated rings. The summed E-state index contributed by atoms with van der Waals surface area (Å²) in [6.07, 6.45) is 1.76. The average molecular weight is 361 g/mol. The van der Waals surface area contributed by atoms with Crippen molar-refractivity contribution in [1.29, 1.82) is 0 Å². The molecule has 0 atom stereocenters. The number of hydrogen-bond acceptors (Lipinski definition) is 3. The molecule has 134 valence electrons. The first-order chi connectivity index (χ1) is 12.4. The van der Waals surface area contributed by atoms with E-state index in [0.717, 1.165) is 17.2 Å². The van der Waals surface area contributed by atoms with Crippen molar-refractivity contribution < 1.29 is 22.4 Å². The van der Waals surface area contributed by atoms with Crippen LogP contribution >= 0.6 is 0 Å². The Morgan fingerprint density at radius 1 is 1.12 bits per heavy atom. The third-order valence-electron chi connectivity index (χ3n) is 3.58. The number of benzene rings is 1. The molecule has 0 saturated carbocycles. The molecule has 0 aliphatic heterocycles. The van der Waals surface area contributed by atoms with E-state index in [0.29, 0.717) is 5.56 Å². The van der Waals surface area contributed by atoms with Crippen molar-refractivity contribution >= 4 is 11.7 Å². The lowest BCUT2D eigenvalue weighted by molar-refractivity contribution is -0.136. The number of hydrogen-bond donors (Lipinski definition) is 2. The second-order valence-corrected chi connectivity index (χ2v) is 5.44. The second kappa shape index (κ2) is 7.30. The molecular formula is C18H14F3N3O2. The summed E-state index contributed by atoms with van der Waals surface area (Å²) in [6, 6.07) is 7.63. The Balaban J connectivity index is 1.65. The van der Waals surface area contributed by atoms with Gasteiger partial charge in [0.15, 0.2) is 0 Å². The second-order valence-electron chi connectivity index (χ2n) is 5.44. The van der Waals surface area contributed by atoms with E-state index < -0.39 is 17.8 Å². The zero-order valence-corrected chi connectivity index (χ0v) is 13.4. The zero-order valence-electron chi connectivity index (χ0n) is 13.4. The molecule has 0 aliphatic rings. The molecule has 0 spiro atoms. The topological polar surface area (TPSA) is 67.2 Å². The Morgan fingerprint density at radius 3 is 2.65 bits per heavy atom. The monoisotopic (exact) mass is 361 g/mol. The van der Waals surface area contributed by atoms with Gasteiger partial charge in [0.05, 0.1) is 23.8 Å². The number of carbonyl (C=O) groups excluding carboxylic acids is 1. The third-order valence-corrected chi connectivity index (χ3v) is 3.58. The minimum Gasteiger partial charge on any atom is -0.472 e. The number of carbonyl (C=O) groups is 1. The van der Waals surface area contributed by atoms with Crippen LogP contribution in [0.1, 0.15) is 11.1 Å². The van der Waals surface area contributed by atoms with Crippen molar-refractivity contribution in [1.82, 2.24) is 10.3 Å². The van der Waals surface area contributed by atoms with E-state index in [4.69, 9.17) is 4.42 Å².